The van der Waals surface area contributed by atoms with Crippen LogP contribution in [0.15, 0.2) is 47.7 Å². The molecule has 0 radical (unpaired) electrons. The van der Waals surface area contributed by atoms with Crippen LogP contribution in [0.25, 0.3) is 0 Å². The highest BCUT2D eigenvalue weighted by Gasteiger charge is 2.04. The van der Waals surface area contributed by atoms with E-state index < -0.39 is 0 Å². The molecule has 0 saturated heterocycles. The fourth-order valence-corrected chi connectivity index (χ4v) is 1.76. The Hall–Kier alpha value is -1.24. The zero-order valence-electron chi connectivity index (χ0n) is 11.6. The highest BCUT2D eigenvalue weighted by molar-refractivity contribution is 5.31. The van der Waals surface area contributed by atoms with E-state index in [1.807, 2.05) is 0 Å². The molecule has 1 rings (SSSR count). The van der Waals surface area contributed by atoms with Crippen molar-refractivity contribution in [3.63, 3.8) is 0 Å². The normalized spacial score (nSPS) is 16.8. The summed E-state index contributed by atoms with van der Waals surface area (Å²) in [6.45, 7) is 4.48. The van der Waals surface area contributed by atoms with Gasteiger partial charge < -0.3 is 4.90 Å². The monoisotopic (exact) mass is 231 g/mol. The first-order valence-corrected chi connectivity index (χ1v) is 6.50. The summed E-state index contributed by atoms with van der Waals surface area (Å²) in [5.74, 6) is 0.749. The van der Waals surface area contributed by atoms with E-state index in [1.165, 1.54) is 11.3 Å². The smallest absolute Gasteiger partial charge is 0.0131 e. The van der Waals surface area contributed by atoms with Crippen molar-refractivity contribution in [1.82, 2.24) is 4.90 Å². The highest BCUT2D eigenvalue weighted by atomic mass is 15.1. The fraction of sp³-hybridized carbons (Fsp3) is 0.500. The van der Waals surface area contributed by atoms with Crippen LogP contribution in [0.5, 0.6) is 0 Å². The molecule has 0 fully saturated rings. The summed E-state index contributed by atoms with van der Waals surface area (Å²) in [6, 6.07) is 0. The van der Waals surface area contributed by atoms with Gasteiger partial charge in [0.2, 0.25) is 0 Å². The molecule has 0 N–H and O–H groups in total. The SMILES string of the molecule is CC(C)C/C=C\C=C\C1=CC=C(N(C)C)CC1. The van der Waals surface area contributed by atoms with Crippen LogP contribution >= 0.6 is 0 Å². The van der Waals surface area contributed by atoms with E-state index in [0.717, 1.165) is 25.2 Å². The Morgan fingerprint density at radius 2 is 1.94 bits per heavy atom. The highest BCUT2D eigenvalue weighted by Crippen LogP contribution is 2.20. The molecule has 1 aliphatic rings. The second kappa shape index (κ2) is 7.16. The maximum atomic E-state index is 2.24. The van der Waals surface area contributed by atoms with E-state index in [4.69, 9.17) is 0 Å². The first-order valence-electron chi connectivity index (χ1n) is 6.50. The standard InChI is InChI=1S/C16H25N/c1-14(2)8-6-5-7-9-15-10-12-16(13-11-15)17(3)4/h5-7,9-10,12,14H,8,11,13H2,1-4H3/b6-5-,9-7+. The third kappa shape index (κ3) is 5.58. The van der Waals surface area contributed by atoms with Gasteiger partial charge in [-0.2, -0.15) is 0 Å². The predicted octanol–water partition coefficient (Wildman–Crippen LogP) is 4.31. The Balaban J connectivity index is 2.43. The topological polar surface area (TPSA) is 3.24 Å². The molecule has 0 unspecified atom stereocenters. The summed E-state index contributed by atoms with van der Waals surface area (Å²) < 4.78 is 0. The number of hydrogen-bond donors (Lipinski definition) is 0. The van der Waals surface area contributed by atoms with Gasteiger partial charge in [-0.25, -0.2) is 0 Å². The molecule has 0 saturated carbocycles. The van der Waals surface area contributed by atoms with Crippen LogP contribution in [-0.4, -0.2) is 19.0 Å². The lowest BCUT2D eigenvalue weighted by Crippen LogP contribution is -2.12. The number of rotatable bonds is 5. The zero-order chi connectivity index (χ0) is 12.7. The van der Waals surface area contributed by atoms with E-state index in [2.05, 4.69) is 69.3 Å². The van der Waals surface area contributed by atoms with Crippen LogP contribution in [0, 0.1) is 5.92 Å². The minimum Gasteiger partial charge on any atom is -0.381 e. The van der Waals surface area contributed by atoms with E-state index in [-0.39, 0.29) is 0 Å². The summed E-state index contributed by atoms with van der Waals surface area (Å²) in [6.07, 6.45) is 16.7. The molecule has 0 bridgehead atoms. The molecular weight excluding hydrogens is 206 g/mol. The van der Waals surface area contributed by atoms with Crippen LogP contribution in [0.2, 0.25) is 0 Å². The number of allylic oxidation sites excluding steroid dienone is 8. The maximum absolute atomic E-state index is 2.24. The average molecular weight is 231 g/mol. The Kier molecular flexibility index (Phi) is 5.82. The van der Waals surface area contributed by atoms with Crippen molar-refractivity contribution >= 4 is 0 Å². The third-order valence-corrected chi connectivity index (χ3v) is 2.90. The molecule has 1 aliphatic carbocycles. The Morgan fingerprint density at radius 3 is 2.47 bits per heavy atom. The van der Waals surface area contributed by atoms with E-state index >= 15 is 0 Å². The third-order valence-electron chi connectivity index (χ3n) is 2.90. The first-order chi connectivity index (χ1) is 8.09. The maximum Gasteiger partial charge on any atom is 0.0131 e. The van der Waals surface area contributed by atoms with E-state index in [9.17, 15) is 0 Å². The Labute approximate surface area is 106 Å². The molecule has 0 atom stereocenters. The molecule has 0 spiro atoms. The molecule has 0 aromatic carbocycles. The van der Waals surface area contributed by atoms with E-state index in [0.29, 0.717) is 0 Å². The minimum absolute atomic E-state index is 0.749. The second-order valence-corrected chi connectivity index (χ2v) is 5.21. The van der Waals surface area contributed by atoms with Crippen molar-refractivity contribution in [2.45, 2.75) is 33.1 Å². The zero-order valence-corrected chi connectivity index (χ0v) is 11.6. The first kappa shape index (κ1) is 13.8. The molecule has 0 aromatic rings. The van der Waals surface area contributed by atoms with Gasteiger partial charge in [0.15, 0.2) is 0 Å². The van der Waals surface area contributed by atoms with Gasteiger partial charge in [-0.15, -0.1) is 0 Å². The van der Waals surface area contributed by atoms with Gasteiger partial charge in [0, 0.05) is 19.8 Å². The van der Waals surface area contributed by atoms with Crippen molar-refractivity contribution in [3.8, 4) is 0 Å². The van der Waals surface area contributed by atoms with Crippen LogP contribution in [0.3, 0.4) is 0 Å². The molecule has 1 nitrogen and oxygen atoms in total. The van der Waals surface area contributed by atoms with Gasteiger partial charge in [0.1, 0.15) is 0 Å². The van der Waals surface area contributed by atoms with Crippen LogP contribution < -0.4 is 0 Å². The molecule has 0 aromatic heterocycles. The van der Waals surface area contributed by atoms with Crippen molar-refractivity contribution < 1.29 is 0 Å². The van der Waals surface area contributed by atoms with Gasteiger partial charge in [-0.05, 0) is 36.8 Å². The average Bonchev–Trinajstić information content (AvgIpc) is 2.29. The lowest BCUT2D eigenvalue weighted by Gasteiger charge is -2.19. The number of hydrogen-bond acceptors (Lipinski definition) is 1. The summed E-state index contributed by atoms with van der Waals surface area (Å²) in [4.78, 5) is 2.19. The largest absolute Gasteiger partial charge is 0.381 e. The van der Waals surface area contributed by atoms with Crippen molar-refractivity contribution in [2.24, 2.45) is 5.92 Å². The van der Waals surface area contributed by atoms with Crippen LogP contribution in [0.4, 0.5) is 0 Å². The molecule has 0 heterocycles. The summed E-state index contributed by atoms with van der Waals surface area (Å²) in [5, 5.41) is 0. The van der Waals surface area contributed by atoms with Crippen molar-refractivity contribution in [3.05, 3.63) is 47.7 Å². The van der Waals surface area contributed by atoms with Gasteiger partial charge in [-0.3, -0.25) is 0 Å². The lowest BCUT2D eigenvalue weighted by atomic mass is 10.0. The van der Waals surface area contributed by atoms with Gasteiger partial charge in [0.05, 0.1) is 0 Å². The van der Waals surface area contributed by atoms with Gasteiger partial charge in [0.25, 0.3) is 0 Å². The van der Waals surface area contributed by atoms with Crippen molar-refractivity contribution in [2.75, 3.05) is 14.1 Å². The lowest BCUT2D eigenvalue weighted by molar-refractivity contribution is 0.484. The molecule has 0 amide bonds. The predicted molar refractivity (Wildman–Crippen MR) is 76.8 cm³/mol. The second-order valence-electron chi connectivity index (χ2n) is 5.21. The Bertz CT molecular complexity index is 341. The van der Waals surface area contributed by atoms with Crippen LogP contribution in [0.1, 0.15) is 33.1 Å². The van der Waals surface area contributed by atoms with Crippen molar-refractivity contribution in [1.29, 1.82) is 0 Å². The van der Waals surface area contributed by atoms with E-state index in [1.54, 1.807) is 0 Å². The Morgan fingerprint density at radius 1 is 1.18 bits per heavy atom. The molecule has 0 aliphatic heterocycles. The minimum atomic E-state index is 0.749. The summed E-state index contributed by atoms with van der Waals surface area (Å²) in [5.41, 5.74) is 2.84. The number of nitrogens with zero attached hydrogens (tertiary/aromatic N) is 1. The molecule has 94 valence electrons. The summed E-state index contributed by atoms with van der Waals surface area (Å²) >= 11 is 0. The van der Waals surface area contributed by atoms with Gasteiger partial charge >= 0.3 is 0 Å². The summed E-state index contributed by atoms with van der Waals surface area (Å²) in [7, 11) is 4.21. The van der Waals surface area contributed by atoms with Crippen LogP contribution in [-0.2, 0) is 0 Å². The molecule has 1 heteroatoms. The molecule has 17 heavy (non-hydrogen) atoms. The fourth-order valence-electron chi connectivity index (χ4n) is 1.76. The molecular formula is C16H25N. The van der Waals surface area contributed by atoms with Gasteiger partial charge in [-0.1, -0.05) is 44.2 Å². The quantitative estimate of drug-likeness (QED) is 0.637.